The maximum atomic E-state index is 14.1. The van der Waals surface area contributed by atoms with Crippen molar-refractivity contribution < 1.29 is 26.7 Å². The van der Waals surface area contributed by atoms with Crippen LogP contribution in [0, 0.1) is 11.6 Å². The number of ether oxygens (including phenoxy) is 1. The van der Waals surface area contributed by atoms with E-state index in [0.717, 1.165) is 24.3 Å². The Morgan fingerprint density at radius 1 is 0.871 bits per heavy atom. The van der Waals surface area contributed by atoms with Gasteiger partial charge in [-0.25, -0.2) is 13.8 Å². The number of hydrogen-bond acceptors (Lipinski definition) is 5. The summed E-state index contributed by atoms with van der Waals surface area (Å²) in [7, 11) is 0. The zero-order chi connectivity index (χ0) is 22.8. The van der Waals surface area contributed by atoms with Crippen molar-refractivity contribution in [2.45, 2.75) is 32.7 Å². The molecule has 0 fully saturated rings. The van der Waals surface area contributed by atoms with Gasteiger partial charge in [-0.1, -0.05) is 18.2 Å². The number of benzene rings is 2. The molecule has 31 heavy (non-hydrogen) atoms. The number of alkyl halides is 3. The van der Waals surface area contributed by atoms with Crippen molar-refractivity contribution in [1.29, 1.82) is 0 Å². The minimum absolute atomic E-state index is 0.0443. The molecule has 10 heteroatoms. The predicted molar refractivity (Wildman–Crippen MR) is 107 cm³/mol. The lowest BCUT2D eigenvalue weighted by atomic mass is 10.1. The summed E-state index contributed by atoms with van der Waals surface area (Å²) in [6.45, 7) is 5.55. The van der Waals surface area contributed by atoms with E-state index in [4.69, 9.17) is 0 Å². The Bertz CT molecular complexity index is 1060. The van der Waals surface area contributed by atoms with Gasteiger partial charge in [0.15, 0.2) is 0 Å². The minimum Gasteiger partial charge on any atom is -0.406 e. The van der Waals surface area contributed by atoms with Gasteiger partial charge in [-0.3, -0.25) is 0 Å². The molecule has 2 N–H and O–H groups in total. The summed E-state index contributed by atoms with van der Waals surface area (Å²) in [6.07, 6.45) is -4.85. The first-order chi connectivity index (χ1) is 14.4. The van der Waals surface area contributed by atoms with E-state index in [2.05, 4.69) is 25.3 Å². The first-order valence-electron chi connectivity index (χ1n) is 9.14. The lowest BCUT2D eigenvalue weighted by molar-refractivity contribution is -0.274. The van der Waals surface area contributed by atoms with Crippen molar-refractivity contribution in [2.75, 3.05) is 10.6 Å². The maximum absolute atomic E-state index is 14.1. The largest absolute Gasteiger partial charge is 0.573 e. The van der Waals surface area contributed by atoms with Crippen molar-refractivity contribution in [3.8, 4) is 17.0 Å². The summed E-state index contributed by atoms with van der Waals surface area (Å²) in [5.74, 6) is -1.92. The van der Waals surface area contributed by atoms with E-state index in [1.54, 1.807) is 0 Å². The Balaban J connectivity index is 2.05. The summed E-state index contributed by atoms with van der Waals surface area (Å²) in [5, 5.41) is 5.62. The third-order valence-electron chi connectivity index (χ3n) is 3.79. The molecule has 0 amide bonds. The van der Waals surface area contributed by atoms with E-state index in [9.17, 15) is 22.0 Å². The smallest absolute Gasteiger partial charge is 0.406 e. The lowest BCUT2D eigenvalue weighted by Crippen LogP contribution is -2.27. The first-order valence-corrected chi connectivity index (χ1v) is 9.14. The van der Waals surface area contributed by atoms with Crippen molar-refractivity contribution >= 4 is 17.5 Å². The molecule has 0 saturated heterocycles. The molecule has 3 rings (SSSR count). The second-order valence-corrected chi connectivity index (χ2v) is 7.63. The van der Waals surface area contributed by atoms with E-state index >= 15 is 0 Å². The Morgan fingerprint density at radius 2 is 1.52 bits per heavy atom. The quantitative estimate of drug-likeness (QED) is 0.460. The highest BCUT2D eigenvalue weighted by Crippen LogP contribution is 2.30. The number of para-hydroxylation sites is 1. The molecule has 0 atom stereocenters. The average Bonchev–Trinajstić information content (AvgIpc) is 2.62. The molecule has 3 aromatic rings. The van der Waals surface area contributed by atoms with Crippen LogP contribution in [0.25, 0.3) is 11.3 Å². The zero-order valence-corrected chi connectivity index (χ0v) is 16.8. The highest BCUT2D eigenvalue weighted by atomic mass is 19.4. The van der Waals surface area contributed by atoms with E-state index in [-0.39, 0.29) is 23.0 Å². The van der Waals surface area contributed by atoms with Crippen molar-refractivity contribution in [3.63, 3.8) is 0 Å². The van der Waals surface area contributed by atoms with E-state index < -0.39 is 35.0 Å². The second kappa shape index (κ2) is 8.37. The standard InChI is InChI=1S/C21H19F5N4O/c1-20(2,3)30-19-27-16(12-6-4-7-13(10-12)31-21(24,25)26)11-17(29-19)28-18-14(22)8-5-9-15(18)23/h4-11H,1-3H3,(H2,27,28,29,30). The van der Waals surface area contributed by atoms with Crippen LogP contribution in [0.4, 0.5) is 39.4 Å². The molecular formula is C21H19F5N4O. The summed E-state index contributed by atoms with van der Waals surface area (Å²) in [5.41, 5.74) is -0.366. The molecule has 0 unspecified atom stereocenters. The van der Waals surface area contributed by atoms with E-state index in [1.165, 1.54) is 24.3 Å². The Hall–Kier alpha value is -3.43. The highest BCUT2D eigenvalue weighted by molar-refractivity contribution is 5.68. The van der Waals surface area contributed by atoms with Crippen LogP contribution >= 0.6 is 0 Å². The monoisotopic (exact) mass is 438 g/mol. The average molecular weight is 438 g/mol. The van der Waals surface area contributed by atoms with Crippen molar-refractivity contribution in [1.82, 2.24) is 9.97 Å². The molecule has 1 aromatic heterocycles. The van der Waals surface area contributed by atoms with Gasteiger partial charge < -0.3 is 15.4 Å². The van der Waals surface area contributed by atoms with Gasteiger partial charge in [-0.2, -0.15) is 4.98 Å². The van der Waals surface area contributed by atoms with Gasteiger partial charge in [0.05, 0.1) is 5.69 Å². The molecule has 5 nitrogen and oxygen atoms in total. The molecule has 1 heterocycles. The van der Waals surface area contributed by atoms with E-state index in [0.29, 0.717) is 0 Å². The molecule has 0 bridgehead atoms. The van der Waals surface area contributed by atoms with Gasteiger partial charge in [-0.15, -0.1) is 13.2 Å². The molecule has 0 spiro atoms. The molecule has 164 valence electrons. The lowest BCUT2D eigenvalue weighted by Gasteiger charge is -2.21. The van der Waals surface area contributed by atoms with Crippen LogP contribution in [-0.4, -0.2) is 21.9 Å². The normalized spacial score (nSPS) is 11.9. The topological polar surface area (TPSA) is 59.1 Å². The number of hydrogen-bond donors (Lipinski definition) is 2. The zero-order valence-electron chi connectivity index (χ0n) is 16.8. The predicted octanol–water partition coefficient (Wildman–Crippen LogP) is 6.27. The maximum Gasteiger partial charge on any atom is 0.573 e. The van der Waals surface area contributed by atoms with Gasteiger partial charge in [0, 0.05) is 17.2 Å². The summed E-state index contributed by atoms with van der Waals surface area (Å²) >= 11 is 0. The van der Waals surface area contributed by atoms with Gasteiger partial charge in [0.1, 0.15) is 28.9 Å². The molecule has 0 aliphatic carbocycles. The van der Waals surface area contributed by atoms with Crippen LogP contribution in [0.3, 0.4) is 0 Å². The number of rotatable bonds is 5. The van der Waals surface area contributed by atoms with Crippen LogP contribution in [0.5, 0.6) is 5.75 Å². The molecule has 0 aliphatic rings. The number of nitrogens with one attached hydrogen (secondary N) is 2. The SMILES string of the molecule is CC(C)(C)Nc1nc(Nc2c(F)cccc2F)cc(-c2cccc(OC(F)(F)F)c2)n1. The number of aromatic nitrogens is 2. The highest BCUT2D eigenvalue weighted by Gasteiger charge is 2.31. The van der Waals surface area contributed by atoms with Gasteiger partial charge in [0.25, 0.3) is 0 Å². The summed E-state index contributed by atoms with van der Waals surface area (Å²) in [4.78, 5) is 8.55. The number of anilines is 3. The van der Waals surface area contributed by atoms with Gasteiger partial charge in [-0.05, 0) is 45.0 Å². The Labute approximate surface area is 175 Å². The Morgan fingerprint density at radius 3 is 2.13 bits per heavy atom. The fourth-order valence-corrected chi connectivity index (χ4v) is 2.65. The van der Waals surface area contributed by atoms with Gasteiger partial charge in [0.2, 0.25) is 5.95 Å². The van der Waals surface area contributed by atoms with Crippen molar-refractivity contribution in [3.05, 3.63) is 60.2 Å². The number of halogens is 5. The van der Waals surface area contributed by atoms with Gasteiger partial charge >= 0.3 is 6.36 Å². The third-order valence-corrected chi connectivity index (χ3v) is 3.79. The molecular weight excluding hydrogens is 419 g/mol. The molecule has 0 aliphatic heterocycles. The Kier molecular flexibility index (Phi) is 6.01. The van der Waals surface area contributed by atoms with Crippen LogP contribution in [0.1, 0.15) is 20.8 Å². The minimum atomic E-state index is -4.85. The fraction of sp³-hybridized carbons (Fsp3) is 0.238. The van der Waals surface area contributed by atoms with E-state index in [1.807, 2.05) is 20.8 Å². The summed E-state index contributed by atoms with van der Waals surface area (Å²) in [6, 6.07) is 9.97. The summed E-state index contributed by atoms with van der Waals surface area (Å²) < 4.78 is 69.8. The van der Waals surface area contributed by atoms with Crippen molar-refractivity contribution in [2.24, 2.45) is 0 Å². The third kappa shape index (κ3) is 6.27. The van der Waals surface area contributed by atoms with Crippen LogP contribution in [0.15, 0.2) is 48.5 Å². The second-order valence-electron chi connectivity index (χ2n) is 7.63. The molecule has 0 saturated carbocycles. The number of nitrogens with zero attached hydrogens (tertiary/aromatic N) is 2. The van der Waals surface area contributed by atoms with Crippen LogP contribution < -0.4 is 15.4 Å². The van der Waals surface area contributed by atoms with Crippen LogP contribution in [-0.2, 0) is 0 Å². The molecule has 2 aromatic carbocycles. The fourth-order valence-electron chi connectivity index (χ4n) is 2.65. The van der Waals surface area contributed by atoms with Crippen LogP contribution in [0.2, 0.25) is 0 Å². The first kappa shape index (κ1) is 22.3. The molecule has 0 radical (unpaired) electrons.